The van der Waals surface area contributed by atoms with Crippen molar-refractivity contribution in [1.82, 2.24) is 15.3 Å². The molecule has 2 aromatic carbocycles. The summed E-state index contributed by atoms with van der Waals surface area (Å²) in [5, 5.41) is 2.98. The third-order valence-electron chi connectivity index (χ3n) is 4.08. The SMILES string of the molecule is C[C@H](NC(=O)CSc1ccc2c(c1)OCCO2)c1nc2ccccc2[nH]1. The third kappa shape index (κ3) is 3.62. The van der Waals surface area contributed by atoms with Crippen LogP contribution < -0.4 is 14.8 Å². The highest BCUT2D eigenvalue weighted by atomic mass is 32.2. The van der Waals surface area contributed by atoms with E-state index in [0.29, 0.717) is 19.0 Å². The van der Waals surface area contributed by atoms with Gasteiger partial charge in [0.2, 0.25) is 5.91 Å². The maximum Gasteiger partial charge on any atom is 0.230 e. The number of thioether (sulfide) groups is 1. The Morgan fingerprint density at radius 2 is 2.04 bits per heavy atom. The van der Waals surface area contributed by atoms with E-state index in [2.05, 4.69) is 15.3 Å². The van der Waals surface area contributed by atoms with Gasteiger partial charge in [0.1, 0.15) is 19.0 Å². The Kier molecular flexibility index (Phi) is 4.71. The van der Waals surface area contributed by atoms with Gasteiger partial charge in [0, 0.05) is 4.90 Å². The fourth-order valence-electron chi connectivity index (χ4n) is 2.79. The van der Waals surface area contributed by atoms with Crippen molar-refractivity contribution < 1.29 is 14.3 Å². The Morgan fingerprint density at radius 1 is 1.23 bits per heavy atom. The van der Waals surface area contributed by atoms with Crippen LogP contribution in [-0.2, 0) is 4.79 Å². The normalized spacial score (nSPS) is 14.2. The molecule has 0 saturated carbocycles. The fourth-order valence-corrected chi connectivity index (χ4v) is 3.53. The number of fused-ring (bicyclic) bond motifs is 2. The molecule has 2 heterocycles. The van der Waals surface area contributed by atoms with Gasteiger partial charge >= 0.3 is 0 Å². The number of H-pyrrole nitrogens is 1. The highest BCUT2D eigenvalue weighted by Gasteiger charge is 2.15. The molecule has 1 amide bonds. The van der Waals surface area contributed by atoms with Crippen LogP contribution in [0, 0.1) is 0 Å². The lowest BCUT2D eigenvalue weighted by Crippen LogP contribution is -2.28. The second-order valence-electron chi connectivity index (χ2n) is 6.02. The zero-order valence-electron chi connectivity index (χ0n) is 14.3. The summed E-state index contributed by atoms with van der Waals surface area (Å²) < 4.78 is 11.1. The molecular formula is C19H19N3O3S. The summed E-state index contributed by atoms with van der Waals surface area (Å²) >= 11 is 1.47. The van der Waals surface area contributed by atoms with Gasteiger partial charge in [-0.25, -0.2) is 4.98 Å². The Balaban J connectivity index is 1.34. The number of aromatic nitrogens is 2. The molecule has 0 saturated heterocycles. The molecule has 0 radical (unpaired) electrons. The molecule has 7 heteroatoms. The van der Waals surface area contributed by atoms with Crippen molar-refractivity contribution in [3.63, 3.8) is 0 Å². The van der Waals surface area contributed by atoms with Gasteiger partial charge in [0.05, 0.1) is 22.8 Å². The summed E-state index contributed by atoms with van der Waals surface area (Å²) in [4.78, 5) is 21.0. The van der Waals surface area contributed by atoms with Crippen LogP contribution in [0.5, 0.6) is 11.5 Å². The number of carbonyl (C=O) groups is 1. The minimum Gasteiger partial charge on any atom is -0.486 e. The lowest BCUT2D eigenvalue weighted by molar-refractivity contribution is -0.119. The maximum absolute atomic E-state index is 12.3. The topological polar surface area (TPSA) is 76.2 Å². The molecule has 4 rings (SSSR count). The summed E-state index contributed by atoms with van der Waals surface area (Å²) in [5.41, 5.74) is 1.86. The van der Waals surface area contributed by atoms with Gasteiger partial charge in [-0.15, -0.1) is 11.8 Å². The first-order valence-corrected chi connectivity index (χ1v) is 9.44. The molecule has 0 bridgehead atoms. The number of imidazole rings is 1. The first-order chi connectivity index (χ1) is 12.7. The quantitative estimate of drug-likeness (QED) is 0.675. The minimum absolute atomic E-state index is 0.0437. The highest BCUT2D eigenvalue weighted by molar-refractivity contribution is 8.00. The lowest BCUT2D eigenvalue weighted by Gasteiger charge is -2.18. The van der Waals surface area contributed by atoms with E-state index in [1.807, 2.05) is 49.4 Å². The minimum atomic E-state index is -0.184. The van der Waals surface area contributed by atoms with Crippen LogP contribution in [-0.4, -0.2) is 34.8 Å². The van der Waals surface area contributed by atoms with Crippen molar-refractivity contribution in [1.29, 1.82) is 0 Å². The predicted molar refractivity (Wildman–Crippen MR) is 101 cm³/mol. The molecule has 134 valence electrons. The van der Waals surface area contributed by atoms with Crippen molar-refractivity contribution in [3.8, 4) is 11.5 Å². The van der Waals surface area contributed by atoms with Gasteiger partial charge in [0.25, 0.3) is 0 Å². The van der Waals surface area contributed by atoms with E-state index in [1.165, 1.54) is 11.8 Å². The van der Waals surface area contributed by atoms with Crippen LogP contribution >= 0.6 is 11.8 Å². The number of rotatable bonds is 5. The van der Waals surface area contributed by atoms with Crippen molar-refractivity contribution >= 4 is 28.7 Å². The van der Waals surface area contributed by atoms with E-state index in [9.17, 15) is 4.79 Å². The van der Waals surface area contributed by atoms with E-state index < -0.39 is 0 Å². The van der Waals surface area contributed by atoms with Gasteiger partial charge in [-0.05, 0) is 37.3 Å². The summed E-state index contributed by atoms with van der Waals surface area (Å²) in [6.07, 6.45) is 0. The Hall–Kier alpha value is -2.67. The molecule has 26 heavy (non-hydrogen) atoms. The van der Waals surface area contributed by atoms with Crippen LogP contribution in [0.3, 0.4) is 0 Å². The zero-order chi connectivity index (χ0) is 17.9. The number of hydrogen-bond donors (Lipinski definition) is 2. The van der Waals surface area contributed by atoms with Crippen molar-refractivity contribution in [2.75, 3.05) is 19.0 Å². The standard InChI is InChI=1S/C19H19N3O3S/c1-12(19-21-14-4-2-3-5-15(14)22-19)20-18(23)11-26-13-6-7-16-17(10-13)25-9-8-24-16/h2-7,10,12H,8-9,11H2,1H3,(H,20,23)(H,21,22)/t12-/m0/s1. The second-order valence-corrected chi connectivity index (χ2v) is 7.07. The van der Waals surface area contributed by atoms with Gasteiger partial charge in [-0.2, -0.15) is 0 Å². The molecule has 6 nitrogen and oxygen atoms in total. The first-order valence-electron chi connectivity index (χ1n) is 8.45. The molecule has 1 aliphatic rings. The maximum atomic E-state index is 12.3. The van der Waals surface area contributed by atoms with Crippen LogP contribution in [0.4, 0.5) is 0 Å². The van der Waals surface area contributed by atoms with Gasteiger partial charge in [0.15, 0.2) is 11.5 Å². The molecule has 1 atom stereocenters. The van der Waals surface area contributed by atoms with E-state index in [4.69, 9.17) is 9.47 Å². The molecular weight excluding hydrogens is 350 g/mol. The second kappa shape index (κ2) is 7.29. The van der Waals surface area contributed by atoms with E-state index >= 15 is 0 Å². The number of hydrogen-bond acceptors (Lipinski definition) is 5. The van der Waals surface area contributed by atoms with Crippen molar-refractivity contribution in [2.45, 2.75) is 17.9 Å². The number of benzene rings is 2. The average molecular weight is 369 g/mol. The molecule has 1 aromatic heterocycles. The van der Waals surface area contributed by atoms with E-state index in [1.54, 1.807) is 0 Å². The largest absolute Gasteiger partial charge is 0.486 e. The molecule has 0 fully saturated rings. The fraction of sp³-hybridized carbons (Fsp3) is 0.263. The smallest absolute Gasteiger partial charge is 0.230 e. The van der Waals surface area contributed by atoms with Crippen LogP contribution in [0.25, 0.3) is 11.0 Å². The number of ether oxygens (including phenoxy) is 2. The zero-order valence-corrected chi connectivity index (χ0v) is 15.1. The Morgan fingerprint density at radius 3 is 2.88 bits per heavy atom. The predicted octanol–water partition coefficient (Wildman–Crippen LogP) is 3.30. The number of nitrogens with one attached hydrogen (secondary N) is 2. The summed E-state index contributed by atoms with van der Waals surface area (Å²) in [6, 6.07) is 13.4. The number of carbonyl (C=O) groups excluding carboxylic acids is 1. The molecule has 1 aliphatic heterocycles. The Bertz CT molecular complexity index is 908. The van der Waals surface area contributed by atoms with Crippen molar-refractivity contribution in [3.05, 3.63) is 48.3 Å². The van der Waals surface area contributed by atoms with E-state index in [0.717, 1.165) is 33.3 Å². The highest BCUT2D eigenvalue weighted by Crippen LogP contribution is 2.34. The molecule has 0 spiro atoms. The van der Waals surface area contributed by atoms with E-state index in [-0.39, 0.29) is 11.9 Å². The molecule has 3 aromatic rings. The number of amides is 1. The molecule has 2 N–H and O–H groups in total. The molecule has 0 unspecified atom stereocenters. The van der Waals surface area contributed by atoms with Gasteiger partial charge < -0.3 is 19.8 Å². The number of aromatic amines is 1. The van der Waals surface area contributed by atoms with Crippen LogP contribution in [0.15, 0.2) is 47.4 Å². The first kappa shape index (κ1) is 16.8. The average Bonchev–Trinajstić information content (AvgIpc) is 3.10. The van der Waals surface area contributed by atoms with Gasteiger partial charge in [-0.1, -0.05) is 12.1 Å². The lowest BCUT2D eigenvalue weighted by atomic mass is 10.3. The summed E-state index contributed by atoms with van der Waals surface area (Å²) in [7, 11) is 0. The molecule has 0 aliphatic carbocycles. The van der Waals surface area contributed by atoms with Gasteiger partial charge in [-0.3, -0.25) is 4.79 Å². The number of para-hydroxylation sites is 2. The Labute approximate surface area is 155 Å². The third-order valence-corrected chi connectivity index (χ3v) is 5.07. The monoisotopic (exact) mass is 369 g/mol. The van der Waals surface area contributed by atoms with Crippen LogP contribution in [0.1, 0.15) is 18.8 Å². The number of nitrogens with zero attached hydrogens (tertiary/aromatic N) is 1. The van der Waals surface area contributed by atoms with Crippen LogP contribution in [0.2, 0.25) is 0 Å². The summed E-state index contributed by atoms with van der Waals surface area (Å²) in [6.45, 7) is 3.04. The van der Waals surface area contributed by atoms with Crippen molar-refractivity contribution in [2.24, 2.45) is 0 Å². The summed E-state index contributed by atoms with van der Waals surface area (Å²) in [5.74, 6) is 2.52.